The summed E-state index contributed by atoms with van der Waals surface area (Å²) in [5.74, 6) is 0.524. The summed E-state index contributed by atoms with van der Waals surface area (Å²) in [7, 11) is 0. The Balaban J connectivity index is 1.58. The molecule has 2 heterocycles. The number of primary amides is 1. The molecule has 0 atom stereocenters. The van der Waals surface area contributed by atoms with E-state index in [2.05, 4.69) is 14.8 Å². The van der Waals surface area contributed by atoms with Crippen molar-refractivity contribution in [1.29, 1.82) is 0 Å². The van der Waals surface area contributed by atoms with E-state index in [9.17, 15) is 4.79 Å². The van der Waals surface area contributed by atoms with Crippen LogP contribution in [0.3, 0.4) is 0 Å². The normalized spacial score (nSPS) is 21.3. The standard InChI is InChI=1S/C15H22N4O/c16-15(20)12-5-6-14(17-11-12)19-9-7-18(8-10-19)13-3-1-2-4-13/h5-6,11,13H,1-4,7-10H2,(H2,16,20). The molecule has 1 saturated carbocycles. The maximum atomic E-state index is 11.0. The molecule has 0 aromatic carbocycles. The van der Waals surface area contributed by atoms with Crippen LogP contribution in [0.2, 0.25) is 0 Å². The Bertz CT molecular complexity index is 459. The summed E-state index contributed by atoms with van der Waals surface area (Å²) >= 11 is 0. The first kappa shape index (κ1) is 13.4. The first-order valence-electron chi connectivity index (χ1n) is 7.49. The van der Waals surface area contributed by atoms with Crippen molar-refractivity contribution in [3.8, 4) is 0 Å². The van der Waals surface area contributed by atoms with Gasteiger partial charge in [-0.1, -0.05) is 12.8 Å². The minimum atomic E-state index is -0.421. The monoisotopic (exact) mass is 274 g/mol. The molecule has 0 spiro atoms. The van der Waals surface area contributed by atoms with Gasteiger partial charge in [-0.3, -0.25) is 9.69 Å². The zero-order valence-electron chi connectivity index (χ0n) is 11.8. The molecular formula is C15H22N4O. The van der Waals surface area contributed by atoms with E-state index in [-0.39, 0.29) is 0 Å². The number of hydrogen-bond donors (Lipinski definition) is 1. The molecule has 108 valence electrons. The van der Waals surface area contributed by atoms with Gasteiger partial charge in [0.25, 0.3) is 0 Å². The van der Waals surface area contributed by atoms with Gasteiger partial charge in [0.05, 0.1) is 5.56 Å². The number of rotatable bonds is 3. The lowest BCUT2D eigenvalue weighted by Gasteiger charge is -2.38. The second-order valence-corrected chi connectivity index (χ2v) is 5.73. The quantitative estimate of drug-likeness (QED) is 0.901. The van der Waals surface area contributed by atoms with Gasteiger partial charge in [0.1, 0.15) is 5.82 Å². The van der Waals surface area contributed by atoms with E-state index in [4.69, 9.17) is 5.73 Å². The molecule has 20 heavy (non-hydrogen) atoms. The number of piperazine rings is 1. The van der Waals surface area contributed by atoms with Crippen molar-refractivity contribution in [2.45, 2.75) is 31.7 Å². The Morgan fingerprint density at radius 2 is 1.85 bits per heavy atom. The number of nitrogens with two attached hydrogens (primary N) is 1. The fraction of sp³-hybridized carbons (Fsp3) is 0.600. The lowest BCUT2D eigenvalue weighted by atomic mass is 10.2. The van der Waals surface area contributed by atoms with E-state index in [0.717, 1.165) is 38.0 Å². The lowest BCUT2D eigenvalue weighted by molar-refractivity contribution is 0.1000. The molecular weight excluding hydrogens is 252 g/mol. The summed E-state index contributed by atoms with van der Waals surface area (Å²) in [6, 6.07) is 4.46. The Kier molecular flexibility index (Phi) is 3.87. The summed E-state index contributed by atoms with van der Waals surface area (Å²) in [6.45, 7) is 4.26. The maximum absolute atomic E-state index is 11.0. The predicted molar refractivity (Wildman–Crippen MR) is 78.8 cm³/mol. The van der Waals surface area contributed by atoms with Gasteiger partial charge in [-0.15, -0.1) is 0 Å². The molecule has 1 saturated heterocycles. The molecule has 2 N–H and O–H groups in total. The molecule has 0 radical (unpaired) electrons. The van der Waals surface area contributed by atoms with E-state index >= 15 is 0 Å². The van der Waals surface area contributed by atoms with Gasteiger partial charge in [-0.25, -0.2) is 4.98 Å². The van der Waals surface area contributed by atoms with Crippen molar-refractivity contribution in [3.05, 3.63) is 23.9 Å². The summed E-state index contributed by atoms with van der Waals surface area (Å²) in [6.07, 6.45) is 7.08. The maximum Gasteiger partial charge on any atom is 0.250 e. The highest BCUT2D eigenvalue weighted by Gasteiger charge is 2.26. The van der Waals surface area contributed by atoms with Crippen LogP contribution in [0.25, 0.3) is 0 Å². The summed E-state index contributed by atoms with van der Waals surface area (Å²) in [4.78, 5) is 20.3. The van der Waals surface area contributed by atoms with E-state index in [0.29, 0.717) is 5.56 Å². The van der Waals surface area contributed by atoms with Crippen molar-refractivity contribution >= 4 is 11.7 Å². The Morgan fingerprint density at radius 1 is 1.15 bits per heavy atom. The van der Waals surface area contributed by atoms with Crippen LogP contribution in [0.5, 0.6) is 0 Å². The first-order valence-corrected chi connectivity index (χ1v) is 7.49. The van der Waals surface area contributed by atoms with Crippen LogP contribution >= 0.6 is 0 Å². The average Bonchev–Trinajstić information content (AvgIpc) is 3.02. The summed E-state index contributed by atoms with van der Waals surface area (Å²) in [5.41, 5.74) is 5.70. The minimum Gasteiger partial charge on any atom is -0.366 e. The van der Waals surface area contributed by atoms with Crippen LogP contribution in [0, 0.1) is 0 Å². The Labute approximate surface area is 119 Å². The Hall–Kier alpha value is -1.62. The lowest BCUT2D eigenvalue weighted by Crippen LogP contribution is -2.50. The molecule has 3 rings (SSSR count). The van der Waals surface area contributed by atoms with Gasteiger partial charge >= 0.3 is 0 Å². The predicted octanol–water partition coefficient (Wildman–Crippen LogP) is 1.25. The van der Waals surface area contributed by atoms with Crippen LogP contribution in [0.1, 0.15) is 36.0 Å². The molecule has 1 aliphatic carbocycles. The van der Waals surface area contributed by atoms with Crippen LogP contribution in [0.15, 0.2) is 18.3 Å². The van der Waals surface area contributed by atoms with Gasteiger partial charge in [-0.05, 0) is 25.0 Å². The molecule has 0 bridgehead atoms. The van der Waals surface area contributed by atoms with Crippen molar-refractivity contribution < 1.29 is 4.79 Å². The fourth-order valence-corrected chi connectivity index (χ4v) is 3.30. The van der Waals surface area contributed by atoms with Crippen molar-refractivity contribution in [3.63, 3.8) is 0 Å². The van der Waals surface area contributed by atoms with Crippen molar-refractivity contribution in [1.82, 2.24) is 9.88 Å². The fourth-order valence-electron chi connectivity index (χ4n) is 3.30. The average molecular weight is 274 g/mol. The second kappa shape index (κ2) is 5.79. The molecule has 2 aliphatic rings. The van der Waals surface area contributed by atoms with Gasteiger partial charge in [-0.2, -0.15) is 0 Å². The van der Waals surface area contributed by atoms with Crippen LogP contribution in [0.4, 0.5) is 5.82 Å². The summed E-state index contributed by atoms with van der Waals surface area (Å²) < 4.78 is 0. The number of carbonyl (C=O) groups is 1. The smallest absolute Gasteiger partial charge is 0.250 e. The van der Waals surface area contributed by atoms with E-state index in [1.54, 1.807) is 12.3 Å². The number of anilines is 1. The number of carbonyl (C=O) groups excluding carboxylic acids is 1. The number of hydrogen-bond acceptors (Lipinski definition) is 4. The molecule has 5 heteroatoms. The molecule has 1 aliphatic heterocycles. The van der Waals surface area contributed by atoms with Gasteiger partial charge in [0.2, 0.25) is 5.91 Å². The van der Waals surface area contributed by atoms with Gasteiger partial charge in [0, 0.05) is 38.4 Å². The second-order valence-electron chi connectivity index (χ2n) is 5.73. The Morgan fingerprint density at radius 3 is 2.40 bits per heavy atom. The number of aromatic nitrogens is 1. The molecule has 2 fully saturated rings. The number of pyridine rings is 1. The highest BCUT2D eigenvalue weighted by atomic mass is 16.1. The van der Waals surface area contributed by atoms with Gasteiger partial charge < -0.3 is 10.6 Å². The third-order valence-corrected chi connectivity index (χ3v) is 4.51. The molecule has 1 aromatic heterocycles. The highest BCUT2D eigenvalue weighted by Crippen LogP contribution is 2.25. The first-order chi connectivity index (χ1) is 9.74. The molecule has 1 aromatic rings. The minimum absolute atomic E-state index is 0.421. The summed E-state index contributed by atoms with van der Waals surface area (Å²) in [5, 5.41) is 0. The topological polar surface area (TPSA) is 62.5 Å². The van der Waals surface area contributed by atoms with Crippen molar-refractivity contribution in [2.75, 3.05) is 31.1 Å². The van der Waals surface area contributed by atoms with Crippen LogP contribution in [-0.2, 0) is 0 Å². The molecule has 0 unspecified atom stereocenters. The van der Waals surface area contributed by atoms with E-state index in [1.165, 1.54) is 25.7 Å². The largest absolute Gasteiger partial charge is 0.366 e. The SMILES string of the molecule is NC(=O)c1ccc(N2CCN(C3CCCC3)CC2)nc1. The molecule has 5 nitrogen and oxygen atoms in total. The third kappa shape index (κ3) is 2.77. The van der Waals surface area contributed by atoms with Crippen LogP contribution < -0.4 is 10.6 Å². The molecule has 1 amide bonds. The van der Waals surface area contributed by atoms with Crippen molar-refractivity contribution in [2.24, 2.45) is 5.73 Å². The van der Waals surface area contributed by atoms with E-state index < -0.39 is 5.91 Å². The van der Waals surface area contributed by atoms with E-state index in [1.807, 2.05) is 6.07 Å². The highest BCUT2D eigenvalue weighted by molar-refractivity contribution is 5.92. The zero-order chi connectivity index (χ0) is 13.9. The van der Waals surface area contributed by atoms with Gasteiger partial charge in [0.15, 0.2) is 0 Å². The zero-order valence-corrected chi connectivity index (χ0v) is 11.8. The number of amides is 1. The van der Waals surface area contributed by atoms with Crippen LogP contribution in [-0.4, -0.2) is 48.0 Å². The number of nitrogens with zero attached hydrogens (tertiary/aromatic N) is 3. The third-order valence-electron chi connectivity index (χ3n) is 4.51.